The molecule has 0 saturated heterocycles. The zero-order valence-corrected chi connectivity index (χ0v) is 25.8. The largest absolute Gasteiger partial charge is 0.354 e. The number of hydrogen-bond donors (Lipinski definition) is 1. The first-order chi connectivity index (χ1) is 23.8. The number of benzene rings is 4. The Bertz CT molecular complexity index is 2460. The summed E-state index contributed by atoms with van der Waals surface area (Å²) < 4.78 is 0. The first-order valence-corrected chi connectivity index (χ1v) is 15.8. The summed E-state index contributed by atoms with van der Waals surface area (Å²) in [5.41, 5.74) is 11.1. The van der Waals surface area contributed by atoms with Gasteiger partial charge in [-0.1, -0.05) is 54.6 Å². The second kappa shape index (κ2) is 11.6. The Labute approximate surface area is 277 Å². The molecule has 0 amide bonds. The minimum Gasteiger partial charge on any atom is -0.354 e. The van der Waals surface area contributed by atoms with Crippen molar-refractivity contribution < 1.29 is 0 Å². The van der Waals surface area contributed by atoms with E-state index in [2.05, 4.69) is 111 Å². The molecule has 0 bridgehead atoms. The van der Waals surface area contributed by atoms with Gasteiger partial charge in [0.25, 0.3) is 0 Å². The molecule has 0 atom stereocenters. The van der Waals surface area contributed by atoms with Crippen molar-refractivity contribution in [1.82, 2.24) is 24.9 Å². The van der Waals surface area contributed by atoms with E-state index in [-0.39, 0.29) is 0 Å². The average Bonchev–Trinajstić information content (AvgIpc) is 3.53. The van der Waals surface area contributed by atoms with Crippen molar-refractivity contribution in [3.05, 3.63) is 165 Å². The second-order valence-corrected chi connectivity index (χ2v) is 11.8. The molecule has 0 fully saturated rings. The SMILES string of the molecule is c1cncc(-c2ccc(N(c3ccc(-c4cccnc4)nc3)c3ccc4c(c3)[nH]c3cc(-c5ccc6ccccc6c5)ccc34)cn2)c1. The van der Waals surface area contributed by atoms with E-state index in [0.29, 0.717) is 0 Å². The van der Waals surface area contributed by atoms with Gasteiger partial charge in [-0.2, -0.15) is 0 Å². The van der Waals surface area contributed by atoms with Crippen molar-refractivity contribution in [2.45, 2.75) is 0 Å². The molecule has 0 unspecified atom stereocenters. The molecule has 5 heterocycles. The first-order valence-electron chi connectivity index (χ1n) is 15.8. The smallest absolute Gasteiger partial charge is 0.0719 e. The third kappa shape index (κ3) is 5.02. The van der Waals surface area contributed by atoms with Crippen LogP contribution in [0, 0.1) is 0 Å². The number of fused-ring (bicyclic) bond motifs is 4. The fourth-order valence-electron chi connectivity index (χ4n) is 6.44. The molecule has 6 nitrogen and oxygen atoms in total. The van der Waals surface area contributed by atoms with Crippen molar-refractivity contribution >= 4 is 49.6 Å². The topological polar surface area (TPSA) is 70.6 Å². The maximum absolute atomic E-state index is 4.82. The van der Waals surface area contributed by atoms with Gasteiger partial charge in [0.05, 0.1) is 35.2 Å². The van der Waals surface area contributed by atoms with Crippen molar-refractivity contribution in [3.8, 4) is 33.6 Å². The van der Waals surface area contributed by atoms with Crippen LogP contribution < -0.4 is 4.90 Å². The van der Waals surface area contributed by atoms with Crippen molar-refractivity contribution in [2.75, 3.05) is 4.90 Å². The maximum Gasteiger partial charge on any atom is 0.0719 e. The van der Waals surface area contributed by atoms with E-state index in [0.717, 1.165) is 50.6 Å². The highest BCUT2D eigenvalue weighted by Gasteiger charge is 2.17. The first kappa shape index (κ1) is 27.6. The van der Waals surface area contributed by atoms with Crippen LogP contribution in [0.25, 0.3) is 66.2 Å². The van der Waals surface area contributed by atoms with E-state index < -0.39 is 0 Å². The van der Waals surface area contributed by atoms with Gasteiger partial charge in [0.2, 0.25) is 0 Å². The standard InChI is InChI=1S/C42H28N6/c1-2-6-29-21-30(10-9-28(29)5-1)31-11-15-37-38-16-12-34(23-42(38)47-41(37)22-31)48(35-13-17-39(45-26-35)32-7-3-19-43-24-32)36-14-18-40(46-27-36)33-8-4-20-44-25-33/h1-27,47H. The van der Waals surface area contributed by atoms with Gasteiger partial charge in [-0.3, -0.25) is 19.9 Å². The van der Waals surface area contributed by atoms with Gasteiger partial charge in [-0.25, -0.2) is 0 Å². The van der Waals surface area contributed by atoms with Crippen LogP contribution in [-0.2, 0) is 0 Å². The molecular formula is C42H28N6. The van der Waals surface area contributed by atoms with E-state index in [9.17, 15) is 0 Å². The Kier molecular flexibility index (Phi) is 6.68. The third-order valence-electron chi connectivity index (χ3n) is 8.85. The fourth-order valence-corrected chi connectivity index (χ4v) is 6.44. The van der Waals surface area contributed by atoms with Gasteiger partial charge in [-0.05, 0) is 94.7 Å². The molecule has 4 aromatic carbocycles. The normalized spacial score (nSPS) is 11.3. The Morgan fingerprint density at radius 1 is 0.417 bits per heavy atom. The van der Waals surface area contributed by atoms with Crippen LogP contribution in [0.1, 0.15) is 0 Å². The lowest BCUT2D eigenvalue weighted by molar-refractivity contribution is 1.20. The number of nitrogens with zero attached hydrogens (tertiary/aromatic N) is 5. The molecule has 1 N–H and O–H groups in total. The zero-order chi connectivity index (χ0) is 31.9. The van der Waals surface area contributed by atoms with Crippen LogP contribution >= 0.6 is 0 Å². The van der Waals surface area contributed by atoms with Gasteiger partial charge < -0.3 is 9.88 Å². The van der Waals surface area contributed by atoms with E-state index in [4.69, 9.17) is 9.97 Å². The molecule has 226 valence electrons. The summed E-state index contributed by atoms with van der Waals surface area (Å²) in [5, 5.41) is 4.85. The summed E-state index contributed by atoms with van der Waals surface area (Å²) in [7, 11) is 0. The molecular weight excluding hydrogens is 589 g/mol. The van der Waals surface area contributed by atoms with Gasteiger partial charge in [-0.15, -0.1) is 0 Å². The number of pyridine rings is 4. The molecule has 0 saturated carbocycles. The molecule has 6 heteroatoms. The Hall–Kier alpha value is -6.66. The van der Waals surface area contributed by atoms with Crippen LogP contribution in [0.3, 0.4) is 0 Å². The number of rotatable bonds is 6. The Morgan fingerprint density at radius 3 is 1.62 bits per heavy atom. The molecule has 48 heavy (non-hydrogen) atoms. The van der Waals surface area contributed by atoms with Crippen LogP contribution in [0.15, 0.2) is 165 Å². The summed E-state index contributed by atoms with van der Waals surface area (Å²) in [5.74, 6) is 0. The van der Waals surface area contributed by atoms with E-state index >= 15 is 0 Å². The van der Waals surface area contributed by atoms with Gasteiger partial charge in [0.15, 0.2) is 0 Å². The molecule has 0 spiro atoms. The predicted octanol–water partition coefficient (Wildman–Crippen LogP) is 10.5. The molecule has 9 rings (SSSR count). The average molecular weight is 617 g/mol. The van der Waals surface area contributed by atoms with Crippen molar-refractivity contribution in [3.63, 3.8) is 0 Å². The van der Waals surface area contributed by atoms with Gasteiger partial charge in [0, 0.05) is 63.4 Å². The lowest BCUT2D eigenvalue weighted by atomic mass is 10.00. The number of H-pyrrole nitrogens is 1. The fraction of sp³-hybridized carbons (Fsp3) is 0. The van der Waals surface area contributed by atoms with Crippen LogP contribution in [0.2, 0.25) is 0 Å². The third-order valence-corrected chi connectivity index (χ3v) is 8.85. The number of hydrogen-bond acceptors (Lipinski definition) is 5. The summed E-state index contributed by atoms with van der Waals surface area (Å²) >= 11 is 0. The quantitative estimate of drug-likeness (QED) is 0.201. The van der Waals surface area contributed by atoms with Crippen molar-refractivity contribution in [1.29, 1.82) is 0 Å². The van der Waals surface area contributed by atoms with Gasteiger partial charge in [0.1, 0.15) is 0 Å². The van der Waals surface area contributed by atoms with Crippen LogP contribution in [0.4, 0.5) is 17.1 Å². The van der Waals surface area contributed by atoms with E-state index in [1.807, 2.05) is 61.2 Å². The zero-order valence-electron chi connectivity index (χ0n) is 25.8. The molecule has 9 aromatic rings. The van der Waals surface area contributed by atoms with E-state index in [1.54, 1.807) is 12.4 Å². The molecule has 0 radical (unpaired) electrons. The Morgan fingerprint density at radius 2 is 1.00 bits per heavy atom. The molecule has 0 aliphatic rings. The van der Waals surface area contributed by atoms with Crippen molar-refractivity contribution in [2.24, 2.45) is 0 Å². The minimum atomic E-state index is 0.866. The predicted molar refractivity (Wildman–Crippen MR) is 195 cm³/mol. The van der Waals surface area contributed by atoms with Gasteiger partial charge >= 0.3 is 0 Å². The summed E-state index contributed by atoms with van der Waals surface area (Å²) in [6.45, 7) is 0. The number of aromatic nitrogens is 5. The molecule has 5 aromatic heterocycles. The second-order valence-electron chi connectivity index (χ2n) is 11.8. The lowest BCUT2D eigenvalue weighted by Crippen LogP contribution is -2.10. The highest BCUT2D eigenvalue weighted by molar-refractivity contribution is 6.09. The highest BCUT2D eigenvalue weighted by atomic mass is 15.2. The minimum absolute atomic E-state index is 0.866. The summed E-state index contributed by atoms with van der Waals surface area (Å²) in [6, 6.07) is 44.5. The number of aromatic amines is 1. The highest BCUT2D eigenvalue weighted by Crippen LogP contribution is 2.38. The van der Waals surface area contributed by atoms with E-state index in [1.165, 1.54) is 32.7 Å². The molecule has 0 aliphatic carbocycles. The van der Waals surface area contributed by atoms with Crippen LogP contribution in [-0.4, -0.2) is 24.9 Å². The van der Waals surface area contributed by atoms with Crippen LogP contribution in [0.5, 0.6) is 0 Å². The lowest BCUT2D eigenvalue weighted by Gasteiger charge is -2.25. The Balaban J connectivity index is 1.13. The number of anilines is 3. The monoisotopic (exact) mass is 616 g/mol. The number of nitrogens with one attached hydrogen (secondary N) is 1. The molecule has 0 aliphatic heterocycles. The maximum atomic E-state index is 4.82. The summed E-state index contributed by atoms with van der Waals surface area (Å²) in [6.07, 6.45) is 11.0. The summed E-state index contributed by atoms with van der Waals surface area (Å²) in [4.78, 5) is 24.1.